The lowest BCUT2D eigenvalue weighted by Gasteiger charge is -2.45. The fourth-order valence-corrected chi connectivity index (χ4v) is 9.26. The van der Waals surface area contributed by atoms with Crippen LogP contribution in [-0.4, -0.2) is 78.0 Å². The zero-order valence-electron chi connectivity index (χ0n) is 32.6. The summed E-state index contributed by atoms with van der Waals surface area (Å²) < 4.78 is 34.6. The van der Waals surface area contributed by atoms with Crippen molar-refractivity contribution < 1.29 is 52.7 Å². The van der Waals surface area contributed by atoms with Gasteiger partial charge >= 0.3 is 23.9 Å². The summed E-state index contributed by atoms with van der Waals surface area (Å²) in [6.45, 7) is 17.6. The summed E-state index contributed by atoms with van der Waals surface area (Å²) >= 11 is 0. The summed E-state index contributed by atoms with van der Waals surface area (Å²) in [7, 11) is 0. The van der Waals surface area contributed by atoms with Crippen molar-refractivity contribution >= 4 is 23.9 Å². The zero-order valence-corrected chi connectivity index (χ0v) is 32.6. The van der Waals surface area contributed by atoms with Gasteiger partial charge in [-0.1, -0.05) is 56.6 Å². The Kier molecular flexibility index (Phi) is 14.3. The fraction of sp³-hybridized carbons (Fsp3) is 0.756. The Morgan fingerprint density at radius 2 is 1.60 bits per heavy atom. The number of rotatable bonds is 13. The summed E-state index contributed by atoms with van der Waals surface area (Å²) in [5.74, 6) is -0.793. The highest BCUT2D eigenvalue weighted by Gasteiger charge is 2.54. The Labute approximate surface area is 309 Å². The van der Waals surface area contributed by atoms with E-state index in [0.717, 1.165) is 36.8 Å². The molecule has 1 aliphatic heterocycles. The van der Waals surface area contributed by atoms with Crippen molar-refractivity contribution in [2.45, 2.75) is 168 Å². The van der Waals surface area contributed by atoms with Crippen LogP contribution in [0.2, 0.25) is 0 Å². The first-order valence-electron chi connectivity index (χ1n) is 19.1. The molecular formula is C41H62O11. The van der Waals surface area contributed by atoms with Gasteiger partial charge in [0, 0.05) is 27.7 Å². The van der Waals surface area contributed by atoms with Gasteiger partial charge in [-0.2, -0.15) is 0 Å². The van der Waals surface area contributed by atoms with E-state index in [1.54, 1.807) is 0 Å². The van der Waals surface area contributed by atoms with E-state index in [-0.39, 0.29) is 18.1 Å². The van der Waals surface area contributed by atoms with Crippen LogP contribution in [-0.2, 0) is 47.6 Å². The van der Waals surface area contributed by atoms with E-state index in [2.05, 4.69) is 32.6 Å². The molecule has 10 atom stereocenters. The Hall–Kier alpha value is -3.02. The predicted octanol–water partition coefficient (Wildman–Crippen LogP) is 6.84. The number of hydrogen-bond acceptors (Lipinski definition) is 11. The van der Waals surface area contributed by atoms with Crippen LogP contribution in [0.4, 0.5) is 0 Å². The van der Waals surface area contributed by atoms with Crippen LogP contribution >= 0.6 is 0 Å². The van der Waals surface area contributed by atoms with Crippen LogP contribution < -0.4 is 0 Å². The first-order valence-corrected chi connectivity index (χ1v) is 19.1. The third kappa shape index (κ3) is 11.0. The van der Waals surface area contributed by atoms with Gasteiger partial charge in [-0.25, -0.2) is 0 Å². The van der Waals surface area contributed by atoms with Crippen molar-refractivity contribution in [3.05, 3.63) is 35.5 Å². The van der Waals surface area contributed by atoms with E-state index >= 15 is 0 Å². The largest absolute Gasteiger partial charge is 0.463 e. The van der Waals surface area contributed by atoms with Gasteiger partial charge in [0.15, 0.2) is 24.6 Å². The first kappa shape index (κ1) is 41.7. The Morgan fingerprint density at radius 1 is 0.942 bits per heavy atom. The molecule has 4 rings (SSSR count). The molecule has 0 bridgehead atoms. The van der Waals surface area contributed by atoms with Crippen molar-refractivity contribution in [3.8, 4) is 0 Å². The number of aliphatic hydroxyl groups is 1. The van der Waals surface area contributed by atoms with E-state index < -0.39 is 60.2 Å². The van der Waals surface area contributed by atoms with Gasteiger partial charge in [0.1, 0.15) is 12.7 Å². The van der Waals surface area contributed by atoms with Crippen molar-refractivity contribution in [1.82, 2.24) is 0 Å². The quantitative estimate of drug-likeness (QED) is 0.157. The lowest BCUT2D eigenvalue weighted by Crippen LogP contribution is -2.63. The molecule has 1 saturated heterocycles. The van der Waals surface area contributed by atoms with Crippen molar-refractivity contribution in [1.29, 1.82) is 0 Å². The van der Waals surface area contributed by atoms with Gasteiger partial charge in [-0.15, -0.1) is 0 Å². The van der Waals surface area contributed by atoms with Gasteiger partial charge in [0.2, 0.25) is 0 Å². The van der Waals surface area contributed by atoms with Crippen LogP contribution in [0.1, 0.15) is 126 Å². The number of hydrogen-bond donors (Lipinski definition) is 1. The second-order valence-electron chi connectivity index (χ2n) is 16.4. The Balaban J connectivity index is 1.52. The number of carbonyl (C=O) groups is 4. The van der Waals surface area contributed by atoms with E-state index in [9.17, 15) is 24.3 Å². The van der Waals surface area contributed by atoms with Crippen LogP contribution in [0.5, 0.6) is 0 Å². The molecule has 11 nitrogen and oxygen atoms in total. The lowest BCUT2D eigenvalue weighted by molar-refractivity contribution is -0.317. The number of fused-ring (bicyclic) bond motifs is 1. The second kappa shape index (κ2) is 17.9. The molecule has 52 heavy (non-hydrogen) atoms. The number of esters is 4. The highest BCUT2D eigenvalue weighted by Crippen LogP contribution is 2.60. The standard InChI is InChI=1S/C41H62O11/c1-24-14-17-32(51-39-38(50-29(6)45)37(49-28(5)44)36(48-27(4)43)35(52-39)23-47-26(3)42)22-31(24)16-15-30-13-11-21-41(9)33(18-19-34(30)41)25(2)12-10-20-40(7,8)46/h15-16,25,32-39,46H,1,10-14,17-23H2,2-9H3/b30-15+,31-16-/t25-,32+,33-,34+,35-,36-,37+,38-,39-,41-/m1/s1. The highest BCUT2D eigenvalue weighted by molar-refractivity contribution is 5.68. The predicted molar refractivity (Wildman–Crippen MR) is 193 cm³/mol. The third-order valence-electron chi connectivity index (χ3n) is 11.6. The van der Waals surface area contributed by atoms with Gasteiger partial charge in [0.25, 0.3) is 0 Å². The van der Waals surface area contributed by atoms with Crippen LogP contribution in [0, 0.1) is 23.2 Å². The molecule has 0 unspecified atom stereocenters. The number of carbonyl (C=O) groups excluding carboxylic acids is 4. The topological polar surface area (TPSA) is 144 Å². The normalized spacial score (nSPS) is 34.4. The molecule has 0 aromatic heterocycles. The van der Waals surface area contributed by atoms with Crippen LogP contribution in [0.15, 0.2) is 35.5 Å². The molecule has 0 amide bonds. The molecule has 4 fully saturated rings. The van der Waals surface area contributed by atoms with Crippen molar-refractivity contribution in [2.75, 3.05) is 6.61 Å². The Morgan fingerprint density at radius 3 is 2.23 bits per heavy atom. The smallest absolute Gasteiger partial charge is 0.303 e. The highest BCUT2D eigenvalue weighted by atomic mass is 16.7. The maximum Gasteiger partial charge on any atom is 0.303 e. The third-order valence-corrected chi connectivity index (χ3v) is 11.6. The number of ether oxygens (including phenoxy) is 6. The molecule has 0 radical (unpaired) electrons. The molecule has 0 aromatic carbocycles. The minimum Gasteiger partial charge on any atom is -0.463 e. The summed E-state index contributed by atoms with van der Waals surface area (Å²) in [6.07, 6.45) is 8.92. The molecule has 3 aliphatic carbocycles. The molecule has 0 spiro atoms. The molecule has 292 valence electrons. The summed E-state index contributed by atoms with van der Waals surface area (Å²) in [5.41, 5.74) is 3.27. The van der Waals surface area contributed by atoms with Crippen molar-refractivity contribution in [2.24, 2.45) is 23.2 Å². The monoisotopic (exact) mass is 730 g/mol. The molecular weight excluding hydrogens is 668 g/mol. The second-order valence-corrected chi connectivity index (χ2v) is 16.4. The molecule has 3 saturated carbocycles. The van der Waals surface area contributed by atoms with Crippen molar-refractivity contribution in [3.63, 3.8) is 0 Å². The van der Waals surface area contributed by atoms with E-state index in [1.165, 1.54) is 59.0 Å². The van der Waals surface area contributed by atoms with Crippen LogP contribution in [0.25, 0.3) is 0 Å². The van der Waals surface area contributed by atoms with Gasteiger partial charge < -0.3 is 33.5 Å². The minimum atomic E-state index is -1.27. The average molecular weight is 731 g/mol. The SMILES string of the molecule is C=C1CC[C@H](O[C@@H]2O[C@H](COC(C)=O)[C@@H](OC(C)=O)[C@H](OC(C)=O)[C@H]2OC(C)=O)C/C1=C/C=C1\CCC[C@]2(C)[C@@H]([C@H](C)CCCC(C)(C)O)CC[C@@H]12. The van der Waals surface area contributed by atoms with E-state index in [0.29, 0.717) is 37.0 Å². The molecule has 1 heterocycles. The van der Waals surface area contributed by atoms with E-state index in [1.807, 2.05) is 13.8 Å². The maximum absolute atomic E-state index is 12.3. The zero-order chi connectivity index (χ0) is 38.4. The van der Waals surface area contributed by atoms with Gasteiger partial charge in [-0.05, 0) is 100 Å². The average Bonchev–Trinajstić information content (AvgIpc) is 3.39. The maximum atomic E-state index is 12.3. The lowest BCUT2D eigenvalue weighted by atomic mass is 9.60. The van der Waals surface area contributed by atoms with Gasteiger partial charge in [-0.3, -0.25) is 19.2 Å². The molecule has 1 N–H and O–H groups in total. The molecule has 0 aromatic rings. The first-order chi connectivity index (χ1) is 24.4. The van der Waals surface area contributed by atoms with Gasteiger partial charge in [0.05, 0.1) is 11.7 Å². The number of allylic oxidation sites excluding steroid dienone is 4. The fourth-order valence-electron chi connectivity index (χ4n) is 9.26. The summed E-state index contributed by atoms with van der Waals surface area (Å²) in [4.78, 5) is 48.3. The van der Waals surface area contributed by atoms with E-state index in [4.69, 9.17) is 28.4 Å². The molecule has 4 aliphatic rings. The van der Waals surface area contributed by atoms with Crippen LogP contribution in [0.3, 0.4) is 0 Å². The Bertz CT molecular complexity index is 1370. The summed E-state index contributed by atoms with van der Waals surface area (Å²) in [5, 5.41) is 10.2. The summed E-state index contributed by atoms with van der Waals surface area (Å²) in [6, 6.07) is 0. The minimum absolute atomic E-state index is 0.265. The molecule has 11 heteroatoms.